The Morgan fingerprint density at radius 2 is 1.83 bits per heavy atom. The van der Waals surface area contributed by atoms with Crippen LogP contribution in [0.2, 0.25) is 0 Å². The minimum Gasteiger partial charge on any atom is -0.465 e. The van der Waals surface area contributed by atoms with E-state index in [0.29, 0.717) is 22.2 Å². The molecular formula is C18H28FN2O3+. The molecule has 0 aliphatic carbocycles. The van der Waals surface area contributed by atoms with Gasteiger partial charge in [-0.25, -0.2) is 9.18 Å². The molecule has 1 aromatic carbocycles. The van der Waals surface area contributed by atoms with E-state index in [0.717, 1.165) is 19.2 Å². The Morgan fingerprint density at radius 1 is 1.25 bits per heavy atom. The normalized spacial score (nSPS) is 12.6. The Bertz CT molecular complexity index is 613. The number of likely N-dealkylation sites (N-methyl/N-ethyl adjacent to an activating group) is 1. The fourth-order valence-corrected chi connectivity index (χ4v) is 2.96. The van der Waals surface area contributed by atoms with Crippen molar-refractivity contribution in [2.24, 2.45) is 0 Å². The molecule has 0 spiro atoms. The number of carbonyl (C=O) groups is 2. The first-order chi connectivity index (χ1) is 11.2. The second-order valence-electron chi connectivity index (χ2n) is 6.16. The molecule has 1 unspecified atom stereocenters. The van der Waals surface area contributed by atoms with Crippen LogP contribution in [-0.4, -0.2) is 49.6 Å². The van der Waals surface area contributed by atoms with Gasteiger partial charge in [0, 0.05) is 6.42 Å². The molecule has 0 aromatic heterocycles. The molecule has 0 aliphatic heterocycles. The van der Waals surface area contributed by atoms with Gasteiger partial charge < -0.3 is 14.5 Å². The molecule has 5 nitrogen and oxygen atoms in total. The first-order valence-corrected chi connectivity index (χ1v) is 8.27. The smallest absolute Gasteiger partial charge is 0.340 e. The number of halogens is 1. The van der Waals surface area contributed by atoms with Gasteiger partial charge in [-0.05, 0) is 38.5 Å². The fraction of sp³-hybridized carbons (Fsp3) is 0.556. The molecular weight excluding hydrogens is 311 g/mol. The van der Waals surface area contributed by atoms with Gasteiger partial charge in [-0.3, -0.25) is 4.79 Å². The number of carbonyl (C=O) groups excluding carboxylic acids is 2. The third-order valence-corrected chi connectivity index (χ3v) is 4.84. The second kappa shape index (κ2) is 8.24. The Balaban J connectivity index is 3.24. The van der Waals surface area contributed by atoms with Gasteiger partial charge in [-0.2, -0.15) is 0 Å². The number of aryl methyl sites for hydroxylation is 1. The van der Waals surface area contributed by atoms with Crippen LogP contribution in [-0.2, 0) is 9.53 Å². The van der Waals surface area contributed by atoms with E-state index in [1.165, 1.54) is 13.2 Å². The topological polar surface area (TPSA) is 55.4 Å². The van der Waals surface area contributed by atoms with Crippen molar-refractivity contribution >= 4 is 17.6 Å². The van der Waals surface area contributed by atoms with Gasteiger partial charge in [-0.15, -0.1) is 0 Å². The lowest BCUT2D eigenvalue weighted by molar-refractivity contribution is -0.921. The summed E-state index contributed by atoms with van der Waals surface area (Å²) in [5.41, 5.74) is 0.826. The minimum atomic E-state index is -0.677. The number of hydrogen-bond acceptors (Lipinski definition) is 3. The lowest BCUT2D eigenvalue weighted by Crippen LogP contribution is -2.56. The summed E-state index contributed by atoms with van der Waals surface area (Å²) in [7, 11) is 3.26. The van der Waals surface area contributed by atoms with Crippen LogP contribution in [0.3, 0.4) is 0 Å². The van der Waals surface area contributed by atoms with Gasteiger partial charge in [0.2, 0.25) is 0 Å². The Labute approximate surface area is 143 Å². The van der Waals surface area contributed by atoms with Gasteiger partial charge in [0.15, 0.2) is 6.04 Å². The predicted molar refractivity (Wildman–Crippen MR) is 92.5 cm³/mol. The van der Waals surface area contributed by atoms with E-state index in [1.807, 2.05) is 27.8 Å². The molecule has 1 amide bonds. The number of nitrogens with zero attached hydrogens (tertiary/aromatic N) is 1. The number of nitrogens with one attached hydrogen (secondary N) is 1. The Hall–Kier alpha value is -1.95. The number of quaternary nitrogens is 1. The molecule has 0 saturated carbocycles. The SMILES string of the molecule is CCC(C(=O)Nc1c(C)cc(F)cc1C(=O)OC)[N+](C)(CC)CC. The third kappa shape index (κ3) is 4.12. The first-order valence-electron chi connectivity index (χ1n) is 8.27. The van der Waals surface area contributed by atoms with Gasteiger partial charge in [0.1, 0.15) is 5.82 Å². The summed E-state index contributed by atoms with van der Waals surface area (Å²) in [6.07, 6.45) is 0.664. The van der Waals surface area contributed by atoms with Crippen LogP contribution in [0.15, 0.2) is 12.1 Å². The van der Waals surface area contributed by atoms with E-state index < -0.39 is 11.8 Å². The Morgan fingerprint density at radius 3 is 2.29 bits per heavy atom. The average Bonchev–Trinajstić information content (AvgIpc) is 2.56. The standard InChI is InChI=1S/C18H27FN2O3/c1-7-15(21(5,8-2)9-3)17(22)20-16-12(4)10-13(19)11-14(16)18(23)24-6/h10-11,15H,7-9H2,1-6H3/p+1. The number of esters is 1. The van der Waals surface area contributed by atoms with Crippen molar-refractivity contribution in [2.45, 2.75) is 40.2 Å². The third-order valence-electron chi connectivity index (χ3n) is 4.84. The highest BCUT2D eigenvalue weighted by Gasteiger charge is 2.35. The van der Waals surface area contributed by atoms with Crippen molar-refractivity contribution in [3.8, 4) is 0 Å². The number of methoxy groups -OCH3 is 1. The monoisotopic (exact) mass is 339 g/mol. The number of hydrogen-bond donors (Lipinski definition) is 1. The number of benzene rings is 1. The molecule has 0 bridgehead atoms. The summed E-state index contributed by atoms with van der Waals surface area (Å²) in [5, 5.41) is 2.82. The van der Waals surface area contributed by atoms with E-state index in [4.69, 9.17) is 4.74 Å². The molecule has 0 fully saturated rings. The van der Waals surface area contributed by atoms with E-state index in [1.54, 1.807) is 6.92 Å². The molecule has 0 aliphatic rings. The fourth-order valence-electron chi connectivity index (χ4n) is 2.96. The van der Waals surface area contributed by atoms with Gasteiger partial charge in [-0.1, -0.05) is 6.92 Å². The van der Waals surface area contributed by atoms with Gasteiger partial charge in [0.25, 0.3) is 5.91 Å². The average molecular weight is 339 g/mol. The van der Waals surface area contributed by atoms with Crippen molar-refractivity contribution in [1.82, 2.24) is 0 Å². The second-order valence-corrected chi connectivity index (χ2v) is 6.16. The van der Waals surface area contributed by atoms with Crippen LogP contribution < -0.4 is 5.32 Å². The van der Waals surface area contributed by atoms with Crippen LogP contribution in [0.4, 0.5) is 10.1 Å². The summed E-state index contributed by atoms with van der Waals surface area (Å²) in [4.78, 5) is 24.8. The maximum absolute atomic E-state index is 13.6. The molecule has 134 valence electrons. The molecule has 24 heavy (non-hydrogen) atoms. The first kappa shape index (κ1) is 20.1. The molecule has 1 N–H and O–H groups in total. The molecule has 1 rings (SSSR count). The van der Waals surface area contributed by atoms with Gasteiger partial charge >= 0.3 is 5.97 Å². The maximum atomic E-state index is 13.6. The molecule has 6 heteroatoms. The number of rotatable bonds is 7. The summed E-state index contributed by atoms with van der Waals surface area (Å²) in [6, 6.07) is 2.12. The molecule has 1 atom stereocenters. The number of anilines is 1. The largest absolute Gasteiger partial charge is 0.465 e. The zero-order chi connectivity index (χ0) is 18.5. The lowest BCUT2D eigenvalue weighted by Gasteiger charge is -2.38. The lowest BCUT2D eigenvalue weighted by atomic mass is 10.1. The van der Waals surface area contributed by atoms with Gasteiger partial charge in [0.05, 0.1) is 38.5 Å². The van der Waals surface area contributed by atoms with E-state index >= 15 is 0 Å². The molecule has 0 saturated heterocycles. The van der Waals surface area contributed by atoms with E-state index in [-0.39, 0.29) is 17.5 Å². The molecule has 1 aromatic rings. The van der Waals surface area contributed by atoms with Crippen LogP contribution in [0.5, 0.6) is 0 Å². The highest BCUT2D eigenvalue weighted by molar-refractivity contribution is 6.03. The molecule has 0 radical (unpaired) electrons. The van der Waals surface area contributed by atoms with E-state index in [9.17, 15) is 14.0 Å². The van der Waals surface area contributed by atoms with Crippen molar-refractivity contribution in [2.75, 3.05) is 32.6 Å². The highest BCUT2D eigenvalue weighted by atomic mass is 19.1. The summed E-state index contributed by atoms with van der Waals surface area (Å²) < 4.78 is 18.9. The molecule has 0 heterocycles. The predicted octanol–water partition coefficient (Wildman–Crippen LogP) is 3.12. The van der Waals surface area contributed by atoms with Crippen molar-refractivity contribution in [1.29, 1.82) is 0 Å². The van der Waals surface area contributed by atoms with Crippen LogP contribution in [0.25, 0.3) is 0 Å². The van der Waals surface area contributed by atoms with Crippen LogP contribution in [0, 0.1) is 12.7 Å². The summed E-state index contributed by atoms with van der Waals surface area (Å²) in [6.45, 7) is 9.33. The van der Waals surface area contributed by atoms with Crippen LogP contribution >= 0.6 is 0 Å². The number of ether oxygens (including phenoxy) is 1. The zero-order valence-electron chi connectivity index (χ0n) is 15.4. The van der Waals surface area contributed by atoms with E-state index in [2.05, 4.69) is 5.32 Å². The minimum absolute atomic E-state index is 0.0282. The van der Waals surface area contributed by atoms with Crippen LogP contribution in [0.1, 0.15) is 43.1 Å². The Kier molecular flexibility index (Phi) is 6.90. The summed E-state index contributed by atoms with van der Waals surface area (Å²) in [5.74, 6) is -1.39. The van der Waals surface area contributed by atoms with Crippen molar-refractivity contribution < 1.29 is 23.2 Å². The zero-order valence-corrected chi connectivity index (χ0v) is 15.4. The summed E-state index contributed by atoms with van der Waals surface area (Å²) >= 11 is 0. The number of amides is 1. The quantitative estimate of drug-likeness (QED) is 0.613. The maximum Gasteiger partial charge on any atom is 0.340 e. The highest BCUT2D eigenvalue weighted by Crippen LogP contribution is 2.25. The van der Waals surface area contributed by atoms with Crippen molar-refractivity contribution in [3.05, 3.63) is 29.1 Å². The van der Waals surface area contributed by atoms with Crippen molar-refractivity contribution in [3.63, 3.8) is 0 Å².